The average molecular weight is 281 g/mol. The summed E-state index contributed by atoms with van der Waals surface area (Å²) in [7, 11) is 0. The summed E-state index contributed by atoms with van der Waals surface area (Å²) >= 11 is 1.61. The van der Waals surface area contributed by atoms with Crippen LogP contribution in [0, 0.1) is 12.8 Å². The standard InChI is InChI=1S/C15H23NO2S/c1-11-5-4-6-14(7-11)9-19-10-15(18)16-13(3)12(2)8-17/h4-7,12-13,17H,8-10H2,1-3H3,(H,16,18). The predicted molar refractivity (Wildman–Crippen MR) is 81.2 cm³/mol. The van der Waals surface area contributed by atoms with Crippen molar-refractivity contribution in [2.75, 3.05) is 12.4 Å². The molecular formula is C15H23NO2S. The molecule has 19 heavy (non-hydrogen) atoms. The highest BCUT2D eigenvalue weighted by Crippen LogP contribution is 2.13. The summed E-state index contributed by atoms with van der Waals surface area (Å²) in [5.74, 6) is 1.42. The minimum atomic E-state index is 0.0112. The third kappa shape index (κ3) is 6.12. The van der Waals surface area contributed by atoms with Gasteiger partial charge < -0.3 is 10.4 Å². The fourth-order valence-electron chi connectivity index (χ4n) is 1.66. The number of nitrogens with one attached hydrogen (secondary N) is 1. The largest absolute Gasteiger partial charge is 0.396 e. The molecule has 0 radical (unpaired) electrons. The molecule has 1 rings (SSSR count). The van der Waals surface area contributed by atoms with Gasteiger partial charge in [0.05, 0.1) is 5.75 Å². The molecule has 0 spiro atoms. The van der Waals surface area contributed by atoms with Crippen molar-refractivity contribution in [2.24, 2.45) is 5.92 Å². The Kier molecular flexibility index (Phi) is 6.95. The second-order valence-corrected chi connectivity index (χ2v) is 5.98. The number of hydrogen-bond donors (Lipinski definition) is 2. The van der Waals surface area contributed by atoms with Gasteiger partial charge in [0.2, 0.25) is 5.91 Å². The molecule has 106 valence electrons. The first kappa shape index (κ1) is 16.1. The molecule has 2 N–H and O–H groups in total. The van der Waals surface area contributed by atoms with E-state index >= 15 is 0 Å². The van der Waals surface area contributed by atoms with E-state index in [1.165, 1.54) is 11.1 Å². The first-order chi connectivity index (χ1) is 9.02. The SMILES string of the molecule is Cc1cccc(CSCC(=O)NC(C)C(C)CO)c1. The van der Waals surface area contributed by atoms with E-state index in [1.54, 1.807) is 11.8 Å². The van der Waals surface area contributed by atoms with Crippen LogP contribution in [0.25, 0.3) is 0 Å². The first-order valence-corrected chi connectivity index (χ1v) is 7.72. The zero-order valence-electron chi connectivity index (χ0n) is 11.8. The molecular weight excluding hydrogens is 258 g/mol. The van der Waals surface area contributed by atoms with E-state index in [2.05, 4.69) is 30.4 Å². The van der Waals surface area contributed by atoms with Gasteiger partial charge in [-0.25, -0.2) is 0 Å². The lowest BCUT2D eigenvalue weighted by Gasteiger charge is -2.19. The first-order valence-electron chi connectivity index (χ1n) is 6.56. The van der Waals surface area contributed by atoms with Gasteiger partial charge in [-0.3, -0.25) is 4.79 Å². The van der Waals surface area contributed by atoms with E-state index < -0.39 is 0 Å². The molecule has 1 aromatic rings. The zero-order chi connectivity index (χ0) is 14.3. The Balaban J connectivity index is 2.27. The van der Waals surface area contributed by atoms with Gasteiger partial charge >= 0.3 is 0 Å². The second-order valence-electron chi connectivity index (χ2n) is 5.00. The molecule has 0 fully saturated rings. The van der Waals surface area contributed by atoms with Crippen LogP contribution in [-0.2, 0) is 10.5 Å². The molecule has 0 aliphatic carbocycles. The predicted octanol–water partition coefficient (Wildman–Crippen LogP) is 2.36. The Morgan fingerprint density at radius 3 is 2.79 bits per heavy atom. The van der Waals surface area contributed by atoms with Crippen molar-refractivity contribution in [3.8, 4) is 0 Å². The van der Waals surface area contributed by atoms with Crippen LogP contribution in [0.15, 0.2) is 24.3 Å². The molecule has 0 saturated carbocycles. The van der Waals surface area contributed by atoms with Gasteiger partial charge in [-0.05, 0) is 25.3 Å². The highest BCUT2D eigenvalue weighted by atomic mass is 32.2. The Hall–Kier alpha value is -1.00. The number of rotatable bonds is 7. The van der Waals surface area contributed by atoms with Gasteiger partial charge in [0, 0.05) is 18.4 Å². The number of benzene rings is 1. The summed E-state index contributed by atoms with van der Waals surface area (Å²) < 4.78 is 0. The molecule has 1 amide bonds. The van der Waals surface area contributed by atoms with Crippen molar-refractivity contribution >= 4 is 17.7 Å². The maximum Gasteiger partial charge on any atom is 0.230 e. The normalized spacial score (nSPS) is 13.9. The van der Waals surface area contributed by atoms with E-state index in [9.17, 15) is 4.79 Å². The van der Waals surface area contributed by atoms with Crippen molar-refractivity contribution in [1.29, 1.82) is 0 Å². The summed E-state index contributed by atoms with van der Waals surface area (Å²) in [4.78, 5) is 11.7. The Morgan fingerprint density at radius 1 is 1.42 bits per heavy atom. The van der Waals surface area contributed by atoms with Crippen LogP contribution in [0.5, 0.6) is 0 Å². The van der Waals surface area contributed by atoms with Crippen LogP contribution in [0.4, 0.5) is 0 Å². The van der Waals surface area contributed by atoms with E-state index in [0.29, 0.717) is 5.75 Å². The minimum absolute atomic E-state index is 0.0112. The van der Waals surface area contributed by atoms with E-state index in [0.717, 1.165) is 5.75 Å². The molecule has 1 aromatic carbocycles. The summed E-state index contributed by atoms with van der Waals surface area (Å²) in [5, 5.41) is 11.9. The third-order valence-electron chi connectivity index (χ3n) is 3.11. The fourth-order valence-corrected chi connectivity index (χ4v) is 2.45. The lowest BCUT2D eigenvalue weighted by molar-refractivity contribution is -0.119. The van der Waals surface area contributed by atoms with Crippen molar-refractivity contribution in [3.05, 3.63) is 35.4 Å². The molecule has 2 unspecified atom stereocenters. The van der Waals surface area contributed by atoms with Gasteiger partial charge in [-0.15, -0.1) is 11.8 Å². The molecule has 0 bridgehead atoms. The monoisotopic (exact) mass is 281 g/mol. The summed E-state index contributed by atoms with van der Waals surface area (Å²) in [6.45, 7) is 6.01. The number of amides is 1. The van der Waals surface area contributed by atoms with Crippen LogP contribution in [0.3, 0.4) is 0 Å². The van der Waals surface area contributed by atoms with Gasteiger partial charge in [-0.1, -0.05) is 36.8 Å². The van der Waals surface area contributed by atoms with Crippen molar-refractivity contribution in [2.45, 2.75) is 32.6 Å². The van der Waals surface area contributed by atoms with Gasteiger partial charge in [0.15, 0.2) is 0 Å². The lowest BCUT2D eigenvalue weighted by Crippen LogP contribution is -2.39. The Morgan fingerprint density at radius 2 is 2.16 bits per heavy atom. The van der Waals surface area contributed by atoms with Crippen LogP contribution in [0.2, 0.25) is 0 Å². The zero-order valence-corrected chi connectivity index (χ0v) is 12.7. The Labute approximate surface area is 119 Å². The van der Waals surface area contributed by atoms with Crippen LogP contribution in [-0.4, -0.2) is 29.4 Å². The van der Waals surface area contributed by atoms with Crippen molar-refractivity contribution < 1.29 is 9.90 Å². The highest BCUT2D eigenvalue weighted by Gasteiger charge is 2.13. The number of hydrogen-bond acceptors (Lipinski definition) is 3. The molecule has 0 aliphatic heterocycles. The molecule has 0 heterocycles. The molecule has 2 atom stereocenters. The molecule has 3 nitrogen and oxygen atoms in total. The number of thioether (sulfide) groups is 1. The fraction of sp³-hybridized carbons (Fsp3) is 0.533. The Bertz CT molecular complexity index is 409. The molecule has 0 aromatic heterocycles. The number of aliphatic hydroxyl groups is 1. The number of aryl methyl sites for hydroxylation is 1. The highest BCUT2D eigenvalue weighted by molar-refractivity contribution is 7.99. The number of aliphatic hydroxyl groups excluding tert-OH is 1. The van der Waals surface area contributed by atoms with E-state index in [1.807, 2.05) is 19.9 Å². The summed E-state index contributed by atoms with van der Waals surface area (Å²) in [6.07, 6.45) is 0. The maximum absolute atomic E-state index is 11.7. The maximum atomic E-state index is 11.7. The molecule has 0 saturated heterocycles. The quantitative estimate of drug-likeness (QED) is 0.806. The number of carbonyl (C=O) groups is 1. The van der Waals surface area contributed by atoms with Crippen LogP contribution in [0.1, 0.15) is 25.0 Å². The van der Waals surface area contributed by atoms with Gasteiger partial charge in [0.1, 0.15) is 0 Å². The van der Waals surface area contributed by atoms with Crippen molar-refractivity contribution in [1.82, 2.24) is 5.32 Å². The second kappa shape index (κ2) is 8.23. The van der Waals surface area contributed by atoms with Crippen LogP contribution < -0.4 is 5.32 Å². The van der Waals surface area contributed by atoms with Gasteiger partial charge in [0.25, 0.3) is 0 Å². The average Bonchev–Trinajstić information content (AvgIpc) is 2.37. The molecule has 4 heteroatoms. The minimum Gasteiger partial charge on any atom is -0.396 e. The smallest absolute Gasteiger partial charge is 0.230 e. The molecule has 0 aliphatic rings. The van der Waals surface area contributed by atoms with Crippen molar-refractivity contribution in [3.63, 3.8) is 0 Å². The number of carbonyl (C=O) groups excluding carboxylic acids is 1. The third-order valence-corrected chi connectivity index (χ3v) is 4.12. The lowest BCUT2D eigenvalue weighted by atomic mass is 10.1. The van der Waals surface area contributed by atoms with Gasteiger partial charge in [-0.2, -0.15) is 0 Å². The van der Waals surface area contributed by atoms with E-state index in [-0.39, 0.29) is 24.5 Å². The van der Waals surface area contributed by atoms with E-state index in [4.69, 9.17) is 5.11 Å². The summed E-state index contributed by atoms with van der Waals surface area (Å²) in [6, 6.07) is 8.34. The summed E-state index contributed by atoms with van der Waals surface area (Å²) in [5.41, 5.74) is 2.49. The van der Waals surface area contributed by atoms with Crippen LogP contribution >= 0.6 is 11.8 Å². The topological polar surface area (TPSA) is 49.3 Å².